The number of carbonyl (C=O) groups is 3. The number of carbonyl (C=O) groups excluding carboxylic acids is 3. The van der Waals surface area contributed by atoms with Gasteiger partial charge in [-0.15, -0.1) is 0 Å². The number of aromatic nitrogens is 1. The van der Waals surface area contributed by atoms with E-state index in [9.17, 15) is 14.4 Å². The number of hydrogen-bond donors (Lipinski definition) is 3. The smallest absolute Gasteiger partial charge is 0.329 e. The largest absolute Gasteiger partial charge is 0.454 e. The summed E-state index contributed by atoms with van der Waals surface area (Å²) >= 11 is 0. The Bertz CT molecular complexity index is 754. The quantitative estimate of drug-likeness (QED) is 0.628. The normalized spacial score (nSPS) is 11.8. The summed E-state index contributed by atoms with van der Waals surface area (Å²) < 4.78 is 5.05. The van der Waals surface area contributed by atoms with Gasteiger partial charge in [0, 0.05) is 37.0 Å². The molecule has 0 aliphatic rings. The van der Waals surface area contributed by atoms with Gasteiger partial charge in [0.05, 0.1) is 0 Å². The highest BCUT2D eigenvalue weighted by atomic mass is 16.5. The van der Waals surface area contributed by atoms with E-state index in [1.54, 1.807) is 6.20 Å². The van der Waals surface area contributed by atoms with Crippen LogP contribution in [0.1, 0.15) is 25.8 Å². The number of benzene rings is 1. The first-order valence-corrected chi connectivity index (χ1v) is 8.26. The highest BCUT2D eigenvalue weighted by Crippen LogP contribution is 2.19. The average molecular weight is 345 g/mol. The first-order chi connectivity index (χ1) is 12.0. The minimum atomic E-state index is -0.851. The molecule has 1 aromatic heterocycles. The Morgan fingerprint density at radius 1 is 1.24 bits per heavy atom. The molecule has 2 rings (SSSR count). The molecule has 2 aromatic rings. The Morgan fingerprint density at radius 3 is 2.72 bits per heavy atom. The summed E-state index contributed by atoms with van der Waals surface area (Å²) in [5.74, 6) is -1.33. The summed E-state index contributed by atoms with van der Waals surface area (Å²) in [5, 5.41) is 6.20. The van der Waals surface area contributed by atoms with Crippen LogP contribution in [0.4, 0.5) is 0 Å². The maximum atomic E-state index is 12.3. The Labute approximate surface area is 146 Å². The number of para-hydroxylation sites is 1. The summed E-state index contributed by atoms with van der Waals surface area (Å²) in [6.45, 7) is 3.44. The van der Waals surface area contributed by atoms with E-state index in [1.165, 1.54) is 6.92 Å². The van der Waals surface area contributed by atoms with Gasteiger partial charge in [-0.1, -0.05) is 25.1 Å². The second-order valence-electron chi connectivity index (χ2n) is 5.77. The van der Waals surface area contributed by atoms with Crippen molar-refractivity contribution in [1.82, 2.24) is 15.6 Å². The number of rotatable bonds is 8. The van der Waals surface area contributed by atoms with Crippen LogP contribution in [0.3, 0.4) is 0 Å². The van der Waals surface area contributed by atoms with Gasteiger partial charge in [0.25, 0.3) is 5.91 Å². The fourth-order valence-corrected chi connectivity index (χ4v) is 2.51. The van der Waals surface area contributed by atoms with Gasteiger partial charge < -0.3 is 20.4 Å². The summed E-state index contributed by atoms with van der Waals surface area (Å²) in [6, 6.07) is 6.84. The number of ether oxygens (including phenoxy) is 1. The average Bonchev–Trinajstić information content (AvgIpc) is 3.00. The standard InChI is InChI=1S/C18H23N3O4/c1-3-8-19-17(23)11-25-18(24)16(21-12(2)22)9-13-10-20-15-7-5-4-6-14(13)15/h4-7,10,16,20H,3,8-9,11H2,1-2H3,(H,19,23)(H,21,22)/t16-/m0/s1. The fraction of sp³-hybridized carbons (Fsp3) is 0.389. The lowest BCUT2D eigenvalue weighted by atomic mass is 10.0. The molecule has 7 nitrogen and oxygen atoms in total. The van der Waals surface area contributed by atoms with Crippen molar-refractivity contribution in [2.24, 2.45) is 0 Å². The molecule has 7 heteroatoms. The molecule has 0 bridgehead atoms. The van der Waals surface area contributed by atoms with Gasteiger partial charge in [0.15, 0.2) is 6.61 Å². The van der Waals surface area contributed by atoms with E-state index >= 15 is 0 Å². The maximum Gasteiger partial charge on any atom is 0.329 e. The topological polar surface area (TPSA) is 100 Å². The SMILES string of the molecule is CCCNC(=O)COC(=O)[C@H](Cc1c[nH]c2ccccc12)NC(C)=O. The first-order valence-electron chi connectivity index (χ1n) is 8.26. The Balaban J connectivity index is 2.04. The van der Waals surface area contributed by atoms with E-state index in [1.807, 2.05) is 31.2 Å². The number of aromatic amines is 1. The van der Waals surface area contributed by atoms with Crippen LogP contribution in [0.15, 0.2) is 30.5 Å². The van der Waals surface area contributed by atoms with Crippen molar-refractivity contribution in [1.29, 1.82) is 0 Å². The molecular formula is C18H23N3O4. The highest BCUT2D eigenvalue weighted by Gasteiger charge is 2.23. The molecule has 1 aromatic carbocycles. The summed E-state index contributed by atoms with van der Waals surface area (Å²) in [4.78, 5) is 38.4. The number of hydrogen-bond acceptors (Lipinski definition) is 4. The van der Waals surface area contributed by atoms with E-state index in [-0.39, 0.29) is 24.8 Å². The maximum absolute atomic E-state index is 12.3. The number of fused-ring (bicyclic) bond motifs is 1. The molecule has 0 aliphatic carbocycles. The molecule has 1 heterocycles. The van der Waals surface area contributed by atoms with Crippen LogP contribution in [-0.4, -0.2) is 42.0 Å². The van der Waals surface area contributed by atoms with Gasteiger partial charge in [-0.05, 0) is 18.1 Å². The van der Waals surface area contributed by atoms with Crippen molar-refractivity contribution in [2.45, 2.75) is 32.7 Å². The van der Waals surface area contributed by atoms with Crippen molar-refractivity contribution in [3.63, 3.8) is 0 Å². The molecule has 0 saturated carbocycles. The minimum Gasteiger partial charge on any atom is -0.454 e. The van der Waals surface area contributed by atoms with Gasteiger partial charge >= 0.3 is 5.97 Å². The predicted octanol–water partition coefficient (Wildman–Crippen LogP) is 1.28. The molecule has 25 heavy (non-hydrogen) atoms. The van der Waals surface area contributed by atoms with E-state index in [0.29, 0.717) is 6.54 Å². The third kappa shape index (κ3) is 5.34. The zero-order valence-electron chi connectivity index (χ0n) is 14.4. The first kappa shape index (κ1) is 18.5. The van der Waals surface area contributed by atoms with Crippen molar-refractivity contribution >= 4 is 28.7 Å². The van der Waals surface area contributed by atoms with Crippen LogP contribution in [-0.2, 0) is 25.5 Å². The summed E-state index contributed by atoms with van der Waals surface area (Å²) in [6.07, 6.45) is 2.88. The van der Waals surface area contributed by atoms with Crippen LogP contribution in [0.5, 0.6) is 0 Å². The van der Waals surface area contributed by atoms with Crippen LogP contribution in [0.25, 0.3) is 10.9 Å². The molecule has 0 unspecified atom stereocenters. The van der Waals surface area contributed by atoms with Gasteiger partial charge in [-0.25, -0.2) is 4.79 Å². The summed E-state index contributed by atoms with van der Waals surface area (Å²) in [5.41, 5.74) is 1.84. The number of esters is 1. The Hall–Kier alpha value is -2.83. The molecule has 3 N–H and O–H groups in total. The van der Waals surface area contributed by atoms with E-state index in [0.717, 1.165) is 22.9 Å². The molecule has 0 fully saturated rings. The zero-order valence-corrected chi connectivity index (χ0v) is 14.4. The molecule has 134 valence electrons. The van der Waals surface area contributed by atoms with Crippen LogP contribution in [0, 0.1) is 0 Å². The highest BCUT2D eigenvalue weighted by molar-refractivity contribution is 5.88. The molecule has 0 aliphatic heterocycles. The lowest BCUT2D eigenvalue weighted by molar-refractivity contribution is -0.151. The van der Waals surface area contributed by atoms with Crippen molar-refractivity contribution in [3.05, 3.63) is 36.0 Å². The number of nitrogens with one attached hydrogen (secondary N) is 3. The molecular weight excluding hydrogens is 322 g/mol. The van der Waals surface area contributed by atoms with Crippen molar-refractivity contribution in [2.75, 3.05) is 13.2 Å². The lowest BCUT2D eigenvalue weighted by Crippen LogP contribution is -2.43. The molecule has 2 amide bonds. The van der Waals surface area contributed by atoms with Gasteiger partial charge in [-0.3, -0.25) is 9.59 Å². The van der Waals surface area contributed by atoms with Crippen molar-refractivity contribution in [3.8, 4) is 0 Å². The molecule has 1 atom stereocenters. The number of amides is 2. The molecule has 0 radical (unpaired) electrons. The minimum absolute atomic E-state index is 0.277. The van der Waals surface area contributed by atoms with E-state index < -0.39 is 12.0 Å². The fourth-order valence-electron chi connectivity index (χ4n) is 2.51. The van der Waals surface area contributed by atoms with Crippen LogP contribution >= 0.6 is 0 Å². The number of H-pyrrole nitrogens is 1. The van der Waals surface area contributed by atoms with Crippen molar-refractivity contribution < 1.29 is 19.1 Å². The third-order valence-corrected chi connectivity index (χ3v) is 3.68. The summed E-state index contributed by atoms with van der Waals surface area (Å²) in [7, 11) is 0. The Morgan fingerprint density at radius 2 is 2.00 bits per heavy atom. The Kier molecular flexibility index (Phi) is 6.56. The monoisotopic (exact) mass is 345 g/mol. The van der Waals surface area contributed by atoms with Gasteiger partial charge in [0.1, 0.15) is 6.04 Å². The lowest BCUT2D eigenvalue weighted by Gasteiger charge is -2.16. The van der Waals surface area contributed by atoms with Crippen LogP contribution < -0.4 is 10.6 Å². The van der Waals surface area contributed by atoms with Gasteiger partial charge in [-0.2, -0.15) is 0 Å². The van der Waals surface area contributed by atoms with Gasteiger partial charge in [0.2, 0.25) is 5.91 Å². The zero-order chi connectivity index (χ0) is 18.2. The molecule has 0 spiro atoms. The second-order valence-corrected chi connectivity index (χ2v) is 5.77. The second kappa shape index (κ2) is 8.86. The molecule has 0 saturated heterocycles. The van der Waals surface area contributed by atoms with E-state index in [4.69, 9.17) is 4.74 Å². The van der Waals surface area contributed by atoms with E-state index in [2.05, 4.69) is 15.6 Å². The predicted molar refractivity (Wildman–Crippen MR) is 93.9 cm³/mol. The van der Waals surface area contributed by atoms with Crippen LogP contribution in [0.2, 0.25) is 0 Å². The third-order valence-electron chi connectivity index (χ3n) is 3.68.